The monoisotopic (exact) mass is 463 g/mol. The lowest BCUT2D eigenvalue weighted by molar-refractivity contribution is -0.118. The fourth-order valence-corrected chi connectivity index (χ4v) is 5.26. The molecule has 2 atom stereocenters. The Morgan fingerprint density at radius 3 is 2.68 bits per heavy atom. The van der Waals surface area contributed by atoms with Crippen LogP contribution in [-0.4, -0.2) is 31.1 Å². The van der Waals surface area contributed by atoms with E-state index in [4.69, 9.17) is 4.74 Å². The van der Waals surface area contributed by atoms with Crippen molar-refractivity contribution in [1.29, 1.82) is 0 Å². The van der Waals surface area contributed by atoms with Crippen molar-refractivity contribution in [2.45, 2.75) is 51.7 Å². The molecule has 2 heterocycles. The second-order valence-corrected chi connectivity index (χ2v) is 10.1. The van der Waals surface area contributed by atoms with Crippen LogP contribution in [0, 0.1) is 11.2 Å². The molecule has 0 radical (unpaired) electrons. The van der Waals surface area contributed by atoms with Crippen LogP contribution >= 0.6 is 0 Å². The van der Waals surface area contributed by atoms with E-state index in [1.165, 1.54) is 12.1 Å². The first-order valence-corrected chi connectivity index (χ1v) is 11.9. The molecular formula is C27H30FN3O3. The zero-order valence-electron chi connectivity index (χ0n) is 19.6. The fourth-order valence-electron chi connectivity index (χ4n) is 5.26. The minimum Gasteiger partial charge on any atom is -0.376 e. The highest BCUT2D eigenvalue weighted by Gasteiger charge is 2.43. The summed E-state index contributed by atoms with van der Waals surface area (Å²) in [6.07, 6.45) is 2.93. The molecule has 2 aromatic carbocycles. The number of carbonyl (C=O) groups excluding carboxylic acids is 2. The third-order valence-electron chi connectivity index (χ3n) is 6.81. The van der Waals surface area contributed by atoms with Crippen LogP contribution in [0.5, 0.6) is 0 Å². The van der Waals surface area contributed by atoms with Gasteiger partial charge in [-0.1, -0.05) is 38.1 Å². The molecule has 2 aliphatic heterocycles. The van der Waals surface area contributed by atoms with Crippen LogP contribution in [0.1, 0.15) is 51.1 Å². The van der Waals surface area contributed by atoms with Gasteiger partial charge in [0, 0.05) is 30.8 Å². The number of Topliss-reactive ketones (excluding diaryl/α,β-unsaturated/α-hetero) is 1. The van der Waals surface area contributed by atoms with Crippen molar-refractivity contribution in [3.8, 4) is 0 Å². The lowest BCUT2D eigenvalue weighted by Crippen LogP contribution is -2.46. The van der Waals surface area contributed by atoms with Gasteiger partial charge in [0.25, 0.3) is 0 Å². The number of amides is 2. The zero-order valence-corrected chi connectivity index (χ0v) is 19.6. The minimum absolute atomic E-state index is 0.00203. The van der Waals surface area contributed by atoms with Crippen molar-refractivity contribution < 1.29 is 18.7 Å². The second kappa shape index (κ2) is 8.87. The number of halogens is 1. The number of nitrogens with zero attached hydrogens (tertiary/aromatic N) is 1. The molecule has 0 bridgehead atoms. The average Bonchev–Trinajstić information content (AvgIpc) is 3.26. The van der Waals surface area contributed by atoms with Gasteiger partial charge in [-0.3, -0.25) is 9.69 Å². The molecule has 5 rings (SSSR count). The van der Waals surface area contributed by atoms with Gasteiger partial charge in [-0.2, -0.15) is 0 Å². The summed E-state index contributed by atoms with van der Waals surface area (Å²) in [6, 6.07) is 12.6. The number of urea groups is 1. The van der Waals surface area contributed by atoms with Crippen molar-refractivity contribution in [2.75, 3.05) is 23.4 Å². The predicted molar refractivity (Wildman–Crippen MR) is 129 cm³/mol. The molecule has 2 amide bonds. The third-order valence-corrected chi connectivity index (χ3v) is 6.81. The molecule has 0 unspecified atom stereocenters. The van der Waals surface area contributed by atoms with E-state index in [0.717, 1.165) is 24.2 Å². The zero-order chi connectivity index (χ0) is 23.9. The van der Waals surface area contributed by atoms with Crippen LogP contribution < -0.4 is 15.5 Å². The molecule has 178 valence electrons. The van der Waals surface area contributed by atoms with Crippen LogP contribution in [0.25, 0.3) is 0 Å². The van der Waals surface area contributed by atoms with E-state index in [0.29, 0.717) is 42.8 Å². The highest BCUT2D eigenvalue weighted by molar-refractivity contribution is 6.06. The molecule has 1 saturated heterocycles. The first-order valence-electron chi connectivity index (χ1n) is 11.9. The summed E-state index contributed by atoms with van der Waals surface area (Å²) in [5.74, 6) is -0.367. The Labute approximate surface area is 199 Å². The fraction of sp³-hybridized carbons (Fsp3) is 0.407. The minimum atomic E-state index is -0.681. The Morgan fingerprint density at radius 2 is 1.94 bits per heavy atom. The number of para-hydroxylation sites is 2. The lowest BCUT2D eigenvalue weighted by atomic mass is 9.73. The van der Waals surface area contributed by atoms with Gasteiger partial charge in [0.2, 0.25) is 0 Å². The van der Waals surface area contributed by atoms with Gasteiger partial charge in [0.1, 0.15) is 5.82 Å². The molecule has 34 heavy (non-hydrogen) atoms. The van der Waals surface area contributed by atoms with Gasteiger partial charge in [0.15, 0.2) is 5.78 Å². The molecule has 7 heteroatoms. The molecule has 2 aromatic rings. The van der Waals surface area contributed by atoms with Gasteiger partial charge >= 0.3 is 6.03 Å². The Kier molecular flexibility index (Phi) is 5.90. The Bertz CT molecular complexity index is 1140. The summed E-state index contributed by atoms with van der Waals surface area (Å²) in [4.78, 5) is 29.0. The van der Waals surface area contributed by atoms with E-state index in [9.17, 15) is 14.0 Å². The quantitative estimate of drug-likeness (QED) is 0.645. The van der Waals surface area contributed by atoms with Gasteiger partial charge in [-0.15, -0.1) is 0 Å². The van der Waals surface area contributed by atoms with E-state index >= 15 is 0 Å². The summed E-state index contributed by atoms with van der Waals surface area (Å²) < 4.78 is 19.5. The molecule has 0 spiro atoms. The van der Waals surface area contributed by atoms with Crippen LogP contribution in [0.2, 0.25) is 0 Å². The number of ether oxygens (including phenoxy) is 1. The number of fused-ring (bicyclic) bond motifs is 1. The van der Waals surface area contributed by atoms with Crippen molar-refractivity contribution >= 4 is 23.2 Å². The van der Waals surface area contributed by atoms with E-state index in [2.05, 4.69) is 24.5 Å². The van der Waals surface area contributed by atoms with E-state index in [1.54, 1.807) is 17.0 Å². The normalized spacial score (nSPS) is 23.6. The SMILES string of the molecule is CC1(C)CC(=O)C2=C(C1)Nc1ccccc1N(C(=O)NC[C@H]1CCCO1)[C@H]2c1ccc(F)cc1. The first-order chi connectivity index (χ1) is 16.3. The summed E-state index contributed by atoms with van der Waals surface area (Å²) in [5.41, 5.74) is 3.29. The standard InChI is InChI=1S/C27H30FN3O3/c1-27(2)14-21-24(23(32)15-27)25(17-9-11-18(28)12-10-17)31(22-8-4-3-7-20(22)30-21)26(33)29-16-19-6-5-13-34-19/h3-4,7-12,19,25,30H,5-6,13-16H2,1-2H3,(H,29,33)/t19-,25+/m1/s1. The van der Waals surface area contributed by atoms with Crippen molar-refractivity contribution in [2.24, 2.45) is 5.41 Å². The number of carbonyl (C=O) groups is 2. The van der Waals surface area contributed by atoms with Gasteiger partial charge in [0.05, 0.1) is 23.5 Å². The molecule has 3 aliphatic rings. The van der Waals surface area contributed by atoms with E-state index < -0.39 is 6.04 Å². The van der Waals surface area contributed by atoms with Gasteiger partial charge in [-0.25, -0.2) is 9.18 Å². The maximum Gasteiger partial charge on any atom is 0.322 e. The van der Waals surface area contributed by atoms with Gasteiger partial charge < -0.3 is 15.4 Å². The topological polar surface area (TPSA) is 70.7 Å². The molecule has 1 aliphatic carbocycles. The number of rotatable bonds is 3. The van der Waals surface area contributed by atoms with E-state index in [1.807, 2.05) is 24.3 Å². The number of anilines is 2. The molecule has 6 nitrogen and oxygen atoms in total. The largest absolute Gasteiger partial charge is 0.376 e. The highest BCUT2D eigenvalue weighted by Crippen LogP contribution is 2.48. The molecule has 2 N–H and O–H groups in total. The number of allylic oxidation sites excluding steroid dienone is 1. The number of hydrogen-bond donors (Lipinski definition) is 2. The number of benzene rings is 2. The summed E-state index contributed by atoms with van der Waals surface area (Å²) in [5, 5.41) is 6.51. The smallest absolute Gasteiger partial charge is 0.322 e. The average molecular weight is 464 g/mol. The number of hydrogen-bond acceptors (Lipinski definition) is 4. The predicted octanol–water partition coefficient (Wildman–Crippen LogP) is 5.33. The Hall–Kier alpha value is -3.19. The van der Waals surface area contributed by atoms with Crippen LogP contribution in [0.15, 0.2) is 59.8 Å². The summed E-state index contributed by atoms with van der Waals surface area (Å²) in [7, 11) is 0. The Balaban J connectivity index is 1.64. The maximum absolute atomic E-state index is 13.8. The molecule has 0 saturated carbocycles. The van der Waals surface area contributed by atoms with Crippen LogP contribution in [-0.2, 0) is 9.53 Å². The number of nitrogens with one attached hydrogen (secondary N) is 2. The summed E-state index contributed by atoms with van der Waals surface area (Å²) >= 11 is 0. The van der Waals surface area contributed by atoms with Crippen LogP contribution in [0.3, 0.4) is 0 Å². The summed E-state index contributed by atoms with van der Waals surface area (Å²) in [6.45, 7) is 5.25. The number of ketones is 1. The van der Waals surface area contributed by atoms with Crippen molar-refractivity contribution in [1.82, 2.24) is 5.32 Å². The third kappa shape index (κ3) is 4.32. The van der Waals surface area contributed by atoms with Crippen molar-refractivity contribution in [3.63, 3.8) is 0 Å². The Morgan fingerprint density at radius 1 is 1.18 bits per heavy atom. The van der Waals surface area contributed by atoms with Crippen molar-refractivity contribution in [3.05, 3.63) is 71.2 Å². The second-order valence-electron chi connectivity index (χ2n) is 10.1. The maximum atomic E-state index is 13.8. The molecule has 1 fully saturated rings. The lowest BCUT2D eigenvalue weighted by Gasteiger charge is -2.37. The highest BCUT2D eigenvalue weighted by atomic mass is 19.1. The molecular weight excluding hydrogens is 433 g/mol. The first kappa shape index (κ1) is 22.6. The van der Waals surface area contributed by atoms with E-state index in [-0.39, 0.29) is 29.2 Å². The van der Waals surface area contributed by atoms with Crippen LogP contribution in [0.4, 0.5) is 20.6 Å². The molecule has 0 aromatic heterocycles. The van der Waals surface area contributed by atoms with Gasteiger partial charge in [-0.05, 0) is 54.5 Å².